The van der Waals surface area contributed by atoms with E-state index < -0.39 is 0 Å². The van der Waals surface area contributed by atoms with Gasteiger partial charge in [-0.05, 0) is 30.7 Å². The third kappa shape index (κ3) is 3.19. The summed E-state index contributed by atoms with van der Waals surface area (Å²) in [7, 11) is 1.66. The van der Waals surface area contributed by atoms with Gasteiger partial charge in [0.1, 0.15) is 23.4 Å². The molecule has 1 N–H and O–H groups in total. The number of carbonyl (C=O) groups is 1. The number of amides is 1. The number of piperidine rings is 1. The monoisotopic (exact) mass is 353 g/mol. The number of fused-ring (bicyclic) bond motifs is 1. The number of pyridine rings is 1. The summed E-state index contributed by atoms with van der Waals surface area (Å²) in [6.07, 6.45) is 2.07. The Balaban J connectivity index is 1.41. The molecular weight excluding hydrogens is 330 g/mol. The van der Waals surface area contributed by atoms with E-state index in [0.717, 1.165) is 54.5 Å². The molecule has 6 nitrogen and oxygen atoms in total. The van der Waals surface area contributed by atoms with Gasteiger partial charge in [-0.1, -0.05) is 6.07 Å². The number of hydrogen-bond donors (Lipinski definition) is 1. The Kier molecular flexibility index (Phi) is 4.41. The number of hydrogen-bond acceptors (Lipinski definition) is 5. The molecule has 26 heavy (non-hydrogen) atoms. The van der Waals surface area contributed by atoms with Crippen LogP contribution in [0.5, 0.6) is 11.5 Å². The van der Waals surface area contributed by atoms with E-state index in [4.69, 9.17) is 14.5 Å². The van der Waals surface area contributed by atoms with Crippen LogP contribution in [0.15, 0.2) is 30.3 Å². The number of aryl methyl sites for hydroxylation is 1. The van der Waals surface area contributed by atoms with Gasteiger partial charge in [-0.2, -0.15) is 0 Å². The molecule has 0 aliphatic carbocycles. The van der Waals surface area contributed by atoms with Crippen molar-refractivity contribution in [1.29, 1.82) is 0 Å². The molecule has 0 bridgehead atoms. The van der Waals surface area contributed by atoms with E-state index >= 15 is 0 Å². The zero-order valence-electron chi connectivity index (χ0n) is 15.1. The lowest BCUT2D eigenvalue weighted by Crippen LogP contribution is -2.39. The van der Waals surface area contributed by atoms with Crippen molar-refractivity contribution >= 4 is 11.7 Å². The van der Waals surface area contributed by atoms with Crippen LogP contribution in [0.3, 0.4) is 0 Å². The molecule has 1 aromatic carbocycles. The third-order valence-corrected chi connectivity index (χ3v) is 5.01. The number of aromatic nitrogens is 1. The molecule has 136 valence electrons. The van der Waals surface area contributed by atoms with Gasteiger partial charge >= 0.3 is 0 Å². The lowest BCUT2D eigenvalue weighted by molar-refractivity contribution is 0.0965. The van der Waals surface area contributed by atoms with E-state index in [1.807, 2.05) is 37.3 Å². The van der Waals surface area contributed by atoms with E-state index in [1.165, 1.54) is 0 Å². The van der Waals surface area contributed by atoms with Crippen LogP contribution in [0.1, 0.15) is 34.5 Å². The van der Waals surface area contributed by atoms with Crippen molar-refractivity contribution in [2.75, 3.05) is 25.1 Å². The van der Waals surface area contributed by atoms with Gasteiger partial charge in [0.15, 0.2) is 0 Å². The molecule has 4 rings (SSSR count). The minimum Gasteiger partial charge on any atom is -0.497 e. The Labute approximate surface area is 153 Å². The van der Waals surface area contributed by atoms with Crippen molar-refractivity contribution in [2.24, 2.45) is 0 Å². The molecule has 0 radical (unpaired) electrons. The lowest BCUT2D eigenvalue weighted by Gasteiger charge is -2.34. The molecule has 0 saturated carbocycles. The van der Waals surface area contributed by atoms with Crippen LogP contribution in [-0.4, -0.2) is 37.2 Å². The Morgan fingerprint density at radius 1 is 1.19 bits per heavy atom. The predicted octanol–water partition coefficient (Wildman–Crippen LogP) is 2.69. The van der Waals surface area contributed by atoms with Crippen LogP contribution in [0, 0.1) is 6.92 Å². The summed E-state index contributed by atoms with van der Waals surface area (Å²) in [5.74, 6) is 2.62. The number of anilines is 1. The molecule has 1 saturated heterocycles. The van der Waals surface area contributed by atoms with Crippen LogP contribution in [0.25, 0.3) is 0 Å². The van der Waals surface area contributed by atoms with Crippen LogP contribution in [0.2, 0.25) is 0 Å². The average molecular weight is 353 g/mol. The van der Waals surface area contributed by atoms with E-state index in [1.54, 1.807) is 7.11 Å². The fraction of sp³-hybridized carbons (Fsp3) is 0.400. The van der Waals surface area contributed by atoms with Gasteiger partial charge in [0.2, 0.25) is 0 Å². The summed E-state index contributed by atoms with van der Waals surface area (Å²) in [5, 5.41) is 2.84. The summed E-state index contributed by atoms with van der Waals surface area (Å²) >= 11 is 0. The zero-order chi connectivity index (χ0) is 18.1. The highest BCUT2D eigenvalue weighted by molar-refractivity contribution is 5.98. The fourth-order valence-electron chi connectivity index (χ4n) is 3.60. The van der Waals surface area contributed by atoms with Gasteiger partial charge < -0.3 is 19.7 Å². The number of rotatable bonds is 4. The van der Waals surface area contributed by atoms with Crippen LogP contribution < -0.4 is 19.7 Å². The summed E-state index contributed by atoms with van der Waals surface area (Å²) in [6.45, 7) is 4.33. The Morgan fingerprint density at radius 3 is 2.73 bits per heavy atom. The van der Waals surface area contributed by atoms with Crippen LogP contribution >= 0.6 is 0 Å². The topological polar surface area (TPSA) is 63.7 Å². The zero-order valence-corrected chi connectivity index (χ0v) is 15.1. The summed E-state index contributed by atoms with van der Waals surface area (Å²) in [4.78, 5) is 18.8. The highest BCUT2D eigenvalue weighted by atomic mass is 16.5. The molecule has 0 unspecified atom stereocenters. The number of ether oxygens (including phenoxy) is 2. The average Bonchev–Trinajstić information content (AvgIpc) is 3.02. The minimum atomic E-state index is -0.0208. The molecule has 1 fully saturated rings. The first-order chi connectivity index (χ1) is 12.6. The molecule has 2 aromatic rings. The third-order valence-electron chi connectivity index (χ3n) is 5.01. The number of nitrogens with zero attached hydrogens (tertiary/aromatic N) is 2. The van der Waals surface area contributed by atoms with E-state index in [2.05, 4.69) is 10.2 Å². The number of nitrogens with one attached hydrogen (secondary N) is 1. The van der Waals surface area contributed by atoms with Gasteiger partial charge in [0.05, 0.1) is 24.9 Å². The standard InChI is InChI=1S/C20H23N3O3/c1-13-10-17-18(12-21-20(17)24)22-19(13)23-8-6-14(7-9-23)26-16-5-3-4-15(11-16)25-2/h3-5,10-11,14H,6-9,12H2,1-2H3,(H,21,24). The van der Waals surface area contributed by atoms with E-state index in [0.29, 0.717) is 12.1 Å². The first kappa shape index (κ1) is 16.7. The van der Waals surface area contributed by atoms with Crippen molar-refractivity contribution < 1.29 is 14.3 Å². The molecule has 0 atom stereocenters. The molecular formula is C20H23N3O3. The second-order valence-corrected chi connectivity index (χ2v) is 6.79. The van der Waals surface area contributed by atoms with E-state index in [-0.39, 0.29) is 12.0 Å². The summed E-state index contributed by atoms with van der Waals surface area (Å²) in [5.41, 5.74) is 2.61. The molecule has 1 amide bonds. The Bertz CT molecular complexity index is 829. The van der Waals surface area contributed by atoms with Crippen molar-refractivity contribution in [3.05, 3.63) is 47.2 Å². The van der Waals surface area contributed by atoms with Crippen molar-refractivity contribution in [2.45, 2.75) is 32.4 Å². The van der Waals surface area contributed by atoms with E-state index in [9.17, 15) is 4.79 Å². The first-order valence-electron chi connectivity index (χ1n) is 8.98. The SMILES string of the molecule is COc1cccc(OC2CCN(c3nc4c(cc3C)C(=O)NC4)CC2)c1. The largest absolute Gasteiger partial charge is 0.497 e. The second kappa shape index (κ2) is 6.86. The first-order valence-corrected chi connectivity index (χ1v) is 8.98. The normalized spacial score (nSPS) is 17.0. The Hall–Kier alpha value is -2.76. The number of carbonyl (C=O) groups excluding carboxylic acids is 1. The Morgan fingerprint density at radius 2 is 1.96 bits per heavy atom. The number of methoxy groups -OCH3 is 1. The lowest BCUT2D eigenvalue weighted by atomic mass is 10.1. The van der Waals surface area contributed by atoms with Gasteiger partial charge in [0, 0.05) is 32.0 Å². The molecule has 3 heterocycles. The van der Waals surface area contributed by atoms with Crippen molar-refractivity contribution in [3.63, 3.8) is 0 Å². The van der Waals surface area contributed by atoms with Crippen molar-refractivity contribution in [1.82, 2.24) is 10.3 Å². The molecule has 2 aliphatic heterocycles. The van der Waals surface area contributed by atoms with Crippen LogP contribution in [-0.2, 0) is 6.54 Å². The second-order valence-electron chi connectivity index (χ2n) is 6.79. The molecule has 1 aromatic heterocycles. The highest BCUT2D eigenvalue weighted by Gasteiger charge is 2.26. The minimum absolute atomic E-state index is 0.0208. The van der Waals surface area contributed by atoms with Gasteiger partial charge in [-0.15, -0.1) is 0 Å². The fourth-order valence-corrected chi connectivity index (χ4v) is 3.60. The van der Waals surface area contributed by atoms with Gasteiger partial charge in [-0.3, -0.25) is 4.79 Å². The number of benzene rings is 1. The maximum Gasteiger partial charge on any atom is 0.253 e. The molecule has 6 heteroatoms. The van der Waals surface area contributed by atoms with Gasteiger partial charge in [0.25, 0.3) is 5.91 Å². The maximum atomic E-state index is 11.8. The molecule has 2 aliphatic rings. The van der Waals surface area contributed by atoms with Crippen molar-refractivity contribution in [3.8, 4) is 11.5 Å². The summed E-state index contributed by atoms with van der Waals surface area (Å²) < 4.78 is 11.4. The quantitative estimate of drug-likeness (QED) is 0.916. The van der Waals surface area contributed by atoms with Gasteiger partial charge in [-0.25, -0.2) is 4.98 Å². The summed E-state index contributed by atoms with van der Waals surface area (Å²) in [6, 6.07) is 9.69. The van der Waals surface area contributed by atoms with Crippen LogP contribution in [0.4, 0.5) is 5.82 Å². The molecule has 0 spiro atoms. The highest BCUT2D eigenvalue weighted by Crippen LogP contribution is 2.28. The maximum absolute atomic E-state index is 11.8. The smallest absolute Gasteiger partial charge is 0.253 e. The predicted molar refractivity (Wildman–Crippen MR) is 99.0 cm³/mol.